The third kappa shape index (κ3) is 4.10. The number of ether oxygens (including phenoxy) is 2. The van der Waals surface area contributed by atoms with Gasteiger partial charge in [0, 0.05) is 0 Å². The Morgan fingerprint density at radius 3 is 2.39 bits per heavy atom. The van der Waals surface area contributed by atoms with Gasteiger partial charge in [-0.3, -0.25) is 4.79 Å². The molecule has 0 unspecified atom stereocenters. The third-order valence-electron chi connectivity index (χ3n) is 3.36. The molecule has 2 rings (SSSR count). The van der Waals surface area contributed by atoms with E-state index in [0.29, 0.717) is 17.0 Å². The monoisotopic (exact) mass is 313 g/mol. The minimum absolute atomic E-state index is 0.298. The molecule has 0 saturated carbocycles. The lowest BCUT2D eigenvalue weighted by Gasteiger charge is -2.17. The number of rotatable bonds is 5. The zero-order valence-electron chi connectivity index (χ0n) is 13.3. The normalized spacial score (nSPS) is 11.4. The lowest BCUT2D eigenvalue weighted by Crippen LogP contribution is -2.31. The molecule has 120 valence electrons. The molecule has 5 nitrogen and oxygen atoms in total. The highest BCUT2D eigenvalue weighted by atomic mass is 16.5. The first-order chi connectivity index (χ1) is 11.0. The summed E-state index contributed by atoms with van der Waals surface area (Å²) in [6.45, 7) is 3.56. The first-order valence-electron chi connectivity index (χ1n) is 7.23. The second-order valence-corrected chi connectivity index (χ2v) is 5.05. The maximum absolute atomic E-state index is 12.3. The van der Waals surface area contributed by atoms with E-state index in [1.807, 2.05) is 31.2 Å². The molecular formula is C18H19NO4. The van der Waals surface area contributed by atoms with Crippen LogP contribution in [0.1, 0.15) is 22.8 Å². The molecule has 5 heteroatoms. The van der Waals surface area contributed by atoms with Crippen LogP contribution >= 0.6 is 0 Å². The van der Waals surface area contributed by atoms with E-state index in [9.17, 15) is 9.59 Å². The summed E-state index contributed by atoms with van der Waals surface area (Å²) < 4.78 is 10.4. The van der Waals surface area contributed by atoms with Gasteiger partial charge in [0.25, 0.3) is 5.91 Å². The molecule has 0 aliphatic heterocycles. The predicted octanol–water partition coefficient (Wildman–Crippen LogP) is 3.19. The van der Waals surface area contributed by atoms with Crippen LogP contribution in [0.25, 0.3) is 0 Å². The van der Waals surface area contributed by atoms with Gasteiger partial charge in [-0.15, -0.1) is 0 Å². The zero-order valence-corrected chi connectivity index (χ0v) is 13.3. The van der Waals surface area contributed by atoms with Crippen molar-refractivity contribution in [1.82, 2.24) is 0 Å². The van der Waals surface area contributed by atoms with Crippen molar-refractivity contribution < 1.29 is 19.1 Å². The van der Waals surface area contributed by atoms with Gasteiger partial charge in [-0.05, 0) is 37.6 Å². The highest BCUT2D eigenvalue weighted by Crippen LogP contribution is 2.20. The van der Waals surface area contributed by atoms with Crippen molar-refractivity contribution in [1.29, 1.82) is 0 Å². The maximum atomic E-state index is 12.3. The molecule has 0 aromatic heterocycles. The largest absolute Gasteiger partial charge is 0.481 e. The number of aryl methyl sites for hydroxylation is 1. The Balaban J connectivity index is 2.10. The van der Waals surface area contributed by atoms with Crippen molar-refractivity contribution in [2.45, 2.75) is 20.0 Å². The van der Waals surface area contributed by atoms with Gasteiger partial charge in [0.15, 0.2) is 6.10 Å². The second-order valence-electron chi connectivity index (χ2n) is 5.05. The van der Waals surface area contributed by atoms with E-state index in [0.717, 1.165) is 5.56 Å². The number of amides is 1. The van der Waals surface area contributed by atoms with E-state index in [-0.39, 0.29) is 5.91 Å². The molecule has 1 atom stereocenters. The molecule has 2 aromatic rings. The maximum Gasteiger partial charge on any atom is 0.339 e. The number of esters is 1. The number of hydrogen-bond acceptors (Lipinski definition) is 4. The van der Waals surface area contributed by atoms with Gasteiger partial charge in [-0.2, -0.15) is 0 Å². The summed E-state index contributed by atoms with van der Waals surface area (Å²) in [7, 11) is 1.30. The van der Waals surface area contributed by atoms with Gasteiger partial charge in [0.05, 0.1) is 18.4 Å². The van der Waals surface area contributed by atoms with Crippen LogP contribution in [0.3, 0.4) is 0 Å². The summed E-state index contributed by atoms with van der Waals surface area (Å²) in [5.74, 6) is -0.200. The predicted molar refractivity (Wildman–Crippen MR) is 87.7 cm³/mol. The van der Waals surface area contributed by atoms with E-state index >= 15 is 0 Å². The van der Waals surface area contributed by atoms with Gasteiger partial charge in [-0.1, -0.05) is 30.3 Å². The standard InChI is InChI=1S/C18H19NO4/c1-12-8-4-7-11-16(12)23-13(2)17(20)19-15-10-6-5-9-14(15)18(21)22-3/h4-11,13H,1-3H3,(H,19,20)/t13-/m0/s1. The molecule has 0 bridgehead atoms. The minimum atomic E-state index is -0.707. The molecule has 0 spiro atoms. The summed E-state index contributed by atoms with van der Waals surface area (Å²) >= 11 is 0. The number of hydrogen-bond donors (Lipinski definition) is 1. The third-order valence-corrected chi connectivity index (χ3v) is 3.36. The number of carbonyl (C=O) groups is 2. The average Bonchev–Trinajstić information content (AvgIpc) is 2.56. The van der Waals surface area contributed by atoms with Crippen molar-refractivity contribution in [3.8, 4) is 5.75 Å². The van der Waals surface area contributed by atoms with E-state index in [4.69, 9.17) is 9.47 Å². The van der Waals surface area contributed by atoms with Crippen LogP contribution in [0.15, 0.2) is 48.5 Å². The summed E-state index contributed by atoms with van der Waals surface area (Å²) in [6, 6.07) is 14.1. The van der Waals surface area contributed by atoms with Gasteiger partial charge in [0.2, 0.25) is 0 Å². The van der Waals surface area contributed by atoms with Gasteiger partial charge in [-0.25, -0.2) is 4.79 Å². The molecule has 23 heavy (non-hydrogen) atoms. The topological polar surface area (TPSA) is 64.6 Å². The van der Waals surface area contributed by atoms with Crippen LogP contribution in [0, 0.1) is 6.92 Å². The average molecular weight is 313 g/mol. The van der Waals surface area contributed by atoms with Crippen molar-refractivity contribution in [3.05, 3.63) is 59.7 Å². The number of anilines is 1. The Bertz CT molecular complexity index is 712. The smallest absolute Gasteiger partial charge is 0.339 e. The quantitative estimate of drug-likeness (QED) is 0.861. The van der Waals surface area contributed by atoms with Crippen molar-refractivity contribution in [3.63, 3.8) is 0 Å². The number of nitrogens with one attached hydrogen (secondary N) is 1. The highest BCUT2D eigenvalue weighted by Gasteiger charge is 2.19. The molecule has 0 saturated heterocycles. The number of carbonyl (C=O) groups excluding carboxylic acids is 2. The molecule has 0 radical (unpaired) electrons. The van der Waals surface area contributed by atoms with E-state index in [1.54, 1.807) is 31.2 Å². The fourth-order valence-electron chi connectivity index (χ4n) is 2.05. The Morgan fingerprint density at radius 2 is 1.70 bits per heavy atom. The van der Waals surface area contributed by atoms with E-state index < -0.39 is 12.1 Å². The van der Waals surface area contributed by atoms with Gasteiger partial charge in [0.1, 0.15) is 5.75 Å². The first-order valence-corrected chi connectivity index (χ1v) is 7.23. The van der Waals surface area contributed by atoms with Crippen molar-refractivity contribution in [2.24, 2.45) is 0 Å². The molecular weight excluding hydrogens is 294 g/mol. The van der Waals surface area contributed by atoms with Crippen LogP contribution in [0.5, 0.6) is 5.75 Å². The van der Waals surface area contributed by atoms with Crippen LogP contribution in [-0.4, -0.2) is 25.1 Å². The fourth-order valence-corrected chi connectivity index (χ4v) is 2.05. The Labute approximate surface area is 135 Å². The SMILES string of the molecule is COC(=O)c1ccccc1NC(=O)[C@H](C)Oc1ccccc1C. The Hall–Kier alpha value is -2.82. The molecule has 0 aliphatic rings. The first kappa shape index (κ1) is 16.5. The second kappa shape index (κ2) is 7.45. The molecule has 0 heterocycles. The van der Waals surface area contributed by atoms with Crippen LogP contribution in [0.2, 0.25) is 0 Å². The van der Waals surface area contributed by atoms with Crippen LogP contribution < -0.4 is 10.1 Å². The summed E-state index contributed by atoms with van der Waals surface area (Å²) in [4.78, 5) is 24.0. The molecule has 2 aromatic carbocycles. The van der Waals surface area contributed by atoms with Crippen molar-refractivity contribution >= 4 is 17.6 Å². The summed E-state index contributed by atoms with van der Waals surface area (Å²) in [5.41, 5.74) is 1.64. The summed E-state index contributed by atoms with van der Waals surface area (Å²) in [5, 5.41) is 2.70. The molecule has 1 N–H and O–H groups in total. The van der Waals surface area contributed by atoms with E-state index in [1.165, 1.54) is 7.11 Å². The van der Waals surface area contributed by atoms with Crippen molar-refractivity contribution in [2.75, 3.05) is 12.4 Å². The molecule has 1 amide bonds. The number of benzene rings is 2. The van der Waals surface area contributed by atoms with Crippen LogP contribution in [0.4, 0.5) is 5.69 Å². The number of para-hydroxylation sites is 2. The fraction of sp³-hybridized carbons (Fsp3) is 0.222. The van der Waals surface area contributed by atoms with Gasteiger partial charge >= 0.3 is 5.97 Å². The summed E-state index contributed by atoms with van der Waals surface area (Å²) in [6.07, 6.45) is -0.707. The highest BCUT2D eigenvalue weighted by molar-refractivity contribution is 6.02. The zero-order chi connectivity index (χ0) is 16.8. The Morgan fingerprint density at radius 1 is 1.04 bits per heavy atom. The lowest BCUT2D eigenvalue weighted by atomic mass is 10.1. The van der Waals surface area contributed by atoms with Gasteiger partial charge < -0.3 is 14.8 Å². The molecule has 0 aliphatic carbocycles. The lowest BCUT2D eigenvalue weighted by molar-refractivity contribution is -0.122. The minimum Gasteiger partial charge on any atom is -0.481 e. The Kier molecular flexibility index (Phi) is 5.36. The van der Waals surface area contributed by atoms with E-state index in [2.05, 4.69) is 5.32 Å². The molecule has 0 fully saturated rings. The van der Waals surface area contributed by atoms with Crippen LogP contribution in [-0.2, 0) is 9.53 Å². The number of methoxy groups -OCH3 is 1.